The minimum atomic E-state index is -0.662. The third-order valence-electron chi connectivity index (χ3n) is 3.49. The van der Waals surface area contributed by atoms with E-state index >= 15 is 0 Å². The molecule has 0 saturated heterocycles. The van der Waals surface area contributed by atoms with E-state index in [1.807, 2.05) is 12.1 Å². The highest BCUT2D eigenvalue weighted by molar-refractivity contribution is 5.83. The Morgan fingerprint density at radius 2 is 1.84 bits per heavy atom. The van der Waals surface area contributed by atoms with Crippen molar-refractivity contribution < 1.29 is 4.74 Å². The summed E-state index contributed by atoms with van der Waals surface area (Å²) in [5.41, 5.74) is 5.47. The summed E-state index contributed by atoms with van der Waals surface area (Å²) in [6.45, 7) is 0. The van der Waals surface area contributed by atoms with E-state index in [9.17, 15) is 15.3 Å². The maximum absolute atomic E-state index is 12.1. The molecule has 0 aliphatic rings. The summed E-state index contributed by atoms with van der Waals surface area (Å²) >= 11 is 0. The molecule has 3 rings (SSSR count). The van der Waals surface area contributed by atoms with Crippen molar-refractivity contribution in [3.8, 4) is 34.8 Å². The highest BCUT2D eigenvalue weighted by Gasteiger charge is 2.21. The van der Waals surface area contributed by atoms with Gasteiger partial charge < -0.3 is 15.5 Å². The SMILES string of the molecule is N#Cc1c(N)[nH]c(=O)c(C#N)c1-c1ccccc1Oc1cccnc1. The molecule has 0 atom stereocenters. The molecule has 1 aromatic carbocycles. The average Bonchev–Trinajstić information content (AvgIpc) is 2.62. The molecule has 3 N–H and O–H groups in total. The first-order chi connectivity index (χ1) is 12.2. The number of aromatic nitrogens is 2. The third kappa shape index (κ3) is 2.90. The van der Waals surface area contributed by atoms with Gasteiger partial charge in [0.05, 0.1) is 6.20 Å². The van der Waals surface area contributed by atoms with Gasteiger partial charge >= 0.3 is 0 Å². The zero-order valence-electron chi connectivity index (χ0n) is 12.9. The standard InChI is InChI=1S/C18H11N5O2/c19-8-13-16(14(9-20)18(24)23-17(13)21)12-5-1-2-6-15(12)25-11-4-3-7-22-10-11/h1-7,10H,(H3,21,23,24). The van der Waals surface area contributed by atoms with Crippen LogP contribution in [0.1, 0.15) is 11.1 Å². The summed E-state index contributed by atoms with van der Waals surface area (Å²) in [6.07, 6.45) is 3.14. The molecule has 7 heteroatoms. The van der Waals surface area contributed by atoms with Gasteiger partial charge in [0.15, 0.2) is 0 Å². The Hall–Kier alpha value is -4.10. The molecule has 0 aliphatic carbocycles. The van der Waals surface area contributed by atoms with Crippen LogP contribution in [0.25, 0.3) is 11.1 Å². The lowest BCUT2D eigenvalue weighted by molar-refractivity contribution is 0.482. The molecule has 0 amide bonds. The van der Waals surface area contributed by atoms with E-state index in [2.05, 4.69) is 9.97 Å². The number of nitrogens with one attached hydrogen (secondary N) is 1. The van der Waals surface area contributed by atoms with Gasteiger partial charge in [-0.2, -0.15) is 10.5 Å². The van der Waals surface area contributed by atoms with Gasteiger partial charge in [0.2, 0.25) is 0 Å². The monoisotopic (exact) mass is 329 g/mol. The molecule has 3 aromatic rings. The number of pyridine rings is 2. The molecule has 25 heavy (non-hydrogen) atoms. The molecule has 0 radical (unpaired) electrons. The molecule has 0 unspecified atom stereocenters. The summed E-state index contributed by atoms with van der Waals surface area (Å²) in [5, 5.41) is 18.8. The zero-order valence-corrected chi connectivity index (χ0v) is 12.9. The van der Waals surface area contributed by atoms with Crippen LogP contribution >= 0.6 is 0 Å². The number of para-hydroxylation sites is 1. The molecule has 0 saturated carbocycles. The molecule has 2 aromatic heterocycles. The summed E-state index contributed by atoms with van der Waals surface area (Å²) in [5.74, 6) is 0.746. The van der Waals surface area contributed by atoms with Crippen molar-refractivity contribution in [3.05, 3.63) is 70.3 Å². The number of ether oxygens (including phenoxy) is 1. The number of hydrogen-bond acceptors (Lipinski definition) is 6. The highest BCUT2D eigenvalue weighted by Crippen LogP contribution is 2.36. The Kier molecular flexibility index (Phi) is 4.15. The van der Waals surface area contributed by atoms with Gasteiger partial charge in [-0.15, -0.1) is 0 Å². The second-order valence-electron chi connectivity index (χ2n) is 5.00. The number of nitrogen functional groups attached to an aromatic ring is 1. The lowest BCUT2D eigenvalue weighted by atomic mass is 9.96. The molecule has 120 valence electrons. The molecule has 7 nitrogen and oxygen atoms in total. The Labute approximate surface area is 142 Å². The zero-order chi connectivity index (χ0) is 17.8. The molecule has 0 fully saturated rings. The van der Waals surface area contributed by atoms with E-state index in [1.165, 1.54) is 6.20 Å². The van der Waals surface area contributed by atoms with Crippen molar-refractivity contribution in [1.82, 2.24) is 9.97 Å². The van der Waals surface area contributed by atoms with Crippen LogP contribution in [0, 0.1) is 22.7 Å². The second kappa shape index (κ2) is 6.57. The van der Waals surface area contributed by atoms with Crippen molar-refractivity contribution in [1.29, 1.82) is 10.5 Å². The normalized spacial score (nSPS) is 9.84. The number of nitrogens with two attached hydrogens (primary N) is 1. The van der Waals surface area contributed by atoms with Gasteiger partial charge in [-0.3, -0.25) is 9.78 Å². The van der Waals surface area contributed by atoms with Crippen molar-refractivity contribution in [2.24, 2.45) is 0 Å². The van der Waals surface area contributed by atoms with Crippen LogP contribution in [0.15, 0.2) is 53.6 Å². The fourth-order valence-electron chi connectivity index (χ4n) is 2.41. The molecule has 2 heterocycles. The lowest BCUT2D eigenvalue weighted by Crippen LogP contribution is -2.16. The first-order valence-corrected chi connectivity index (χ1v) is 7.19. The van der Waals surface area contributed by atoms with E-state index in [4.69, 9.17) is 10.5 Å². The fourth-order valence-corrected chi connectivity index (χ4v) is 2.41. The largest absolute Gasteiger partial charge is 0.455 e. The predicted molar refractivity (Wildman–Crippen MR) is 90.7 cm³/mol. The molecular formula is C18H11N5O2. The van der Waals surface area contributed by atoms with Gasteiger partial charge in [0.25, 0.3) is 5.56 Å². The summed E-state index contributed by atoms with van der Waals surface area (Å²) in [7, 11) is 0. The summed E-state index contributed by atoms with van der Waals surface area (Å²) in [6, 6.07) is 14.0. The third-order valence-corrected chi connectivity index (χ3v) is 3.49. The van der Waals surface area contributed by atoms with Crippen LogP contribution in [0.5, 0.6) is 11.5 Å². The number of rotatable bonds is 3. The number of nitriles is 2. The average molecular weight is 329 g/mol. The first kappa shape index (κ1) is 15.8. The summed E-state index contributed by atoms with van der Waals surface area (Å²) in [4.78, 5) is 18.4. The summed E-state index contributed by atoms with van der Waals surface area (Å²) < 4.78 is 5.81. The van der Waals surface area contributed by atoms with E-state index in [0.717, 1.165) is 0 Å². The number of aromatic amines is 1. The fraction of sp³-hybridized carbons (Fsp3) is 0. The maximum atomic E-state index is 12.1. The van der Waals surface area contributed by atoms with E-state index in [1.54, 1.807) is 42.6 Å². The van der Waals surface area contributed by atoms with Crippen LogP contribution in [-0.4, -0.2) is 9.97 Å². The molecule has 0 bridgehead atoms. The number of H-pyrrole nitrogens is 1. The van der Waals surface area contributed by atoms with Gasteiger partial charge in [-0.05, 0) is 18.2 Å². The van der Waals surface area contributed by atoms with Gasteiger partial charge in [-0.25, -0.2) is 0 Å². The van der Waals surface area contributed by atoms with Crippen LogP contribution < -0.4 is 16.0 Å². The topological polar surface area (TPSA) is 129 Å². The van der Waals surface area contributed by atoms with Crippen LogP contribution in [0.2, 0.25) is 0 Å². The highest BCUT2D eigenvalue weighted by atomic mass is 16.5. The van der Waals surface area contributed by atoms with E-state index < -0.39 is 5.56 Å². The molecule has 0 aliphatic heterocycles. The molecular weight excluding hydrogens is 318 g/mol. The Morgan fingerprint density at radius 3 is 2.52 bits per heavy atom. The van der Waals surface area contributed by atoms with Gasteiger partial charge in [0.1, 0.15) is 40.6 Å². The van der Waals surface area contributed by atoms with E-state index in [-0.39, 0.29) is 22.5 Å². The van der Waals surface area contributed by atoms with Crippen LogP contribution in [-0.2, 0) is 0 Å². The van der Waals surface area contributed by atoms with Crippen molar-refractivity contribution in [3.63, 3.8) is 0 Å². The first-order valence-electron chi connectivity index (χ1n) is 7.19. The Bertz CT molecular complexity index is 1080. The van der Waals surface area contributed by atoms with Crippen LogP contribution in [0.3, 0.4) is 0 Å². The number of hydrogen-bond donors (Lipinski definition) is 2. The number of nitrogens with zero attached hydrogens (tertiary/aromatic N) is 3. The number of benzene rings is 1. The van der Waals surface area contributed by atoms with Crippen molar-refractivity contribution in [2.75, 3.05) is 5.73 Å². The van der Waals surface area contributed by atoms with Crippen LogP contribution in [0.4, 0.5) is 5.82 Å². The Morgan fingerprint density at radius 1 is 1.08 bits per heavy atom. The van der Waals surface area contributed by atoms with Gasteiger partial charge in [-0.1, -0.05) is 18.2 Å². The maximum Gasteiger partial charge on any atom is 0.268 e. The van der Waals surface area contributed by atoms with Gasteiger partial charge in [0, 0.05) is 17.3 Å². The van der Waals surface area contributed by atoms with Crippen molar-refractivity contribution in [2.45, 2.75) is 0 Å². The quantitative estimate of drug-likeness (QED) is 0.759. The Balaban J connectivity index is 2.27. The minimum Gasteiger partial charge on any atom is -0.455 e. The minimum absolute atomic E-state index is 0.0124. The van der Waals surface area contributed by atoms with Crippen molar-refractivity contribution >= 4 is 5.82 Å². The molecule has 0 spiro atoms. The van der Waals surface area contributed by atoms with E-state index in [0.29, 0.717) is 17.1 Å². The number of anilines is 1. The predicted octanol–water partition coefficient (Wildman–Crippen LogP) is 2.55. The lowest BCUT2D eigenvalue weighted by Gasteiger charge is -2.13. The smallest absolute Gasteiger partial charge is 0.268 e. The second-order valence-corrected chi connectivity index (χ2v) is 5.00.